The second-order valence-electron chi connectivity index (χ2n) is 7.92. The SMILES string of the molecule is COc1ccc(/C=N/NC(=O)c2cc3ccc4ccccc4c3[nH]2)cc1COc1ccccc1F. The van der Waals surface area contributed by atoms with Gasteiger partial charge in [0.1, 0.15) is 18.1 Å². The minimum absolute atomic E-state index is 0.112. The Labute approximate surface area is 201 Å². The van der Waals surface area contributed by atoms with Crippen molar-refractivity contribution in [3.63, 3.8) is 0 Å². The van der Waals surface area contributed by atoms with Gasteiger partial charge in [0.25, 0.3) is 5.91 Å². The molecule has 1 aromatic heterocycles. The van der Waals surface area contributed by atoms with Gasteiger partial charge in [-0.1, -0.05) is 48.5 Å². The second-order valence-corrected chi connectivity index (χ2v) is 7.92. The zero-order valence-corrected chi connectivity index (χ0v) is 18.9. The van der Waals surface area contributed by atoms with Gasteiger partial charge < -0.3 is 14.5 Å². The number of para-hydroxylation sites is 1. The Bertz CT molecular complexity index is 1560. The molecule has 0 atom stereocenters. The lowest BCUT2D eigenvalue weighted by Crippen LogP contribution is -2.17. The highest BCUT2D eigenvalue weighted by Gasteiger charge is 2.11. The third-order valence-electron chi connectivity index (χ3n) is 5.67. The number of nitrogens with zero attached hydrogens (tertiary/aromatic N) is 1. The number of methoxy groups -OCH3 is 1. The summed E-state index contributed by atoms with van der Waals surface area (Å²) in [5.41, 5.74) is 5.32. The van der Waals surface area contributed by atoms with E-state index in [1.807, 2.05) is 42.5 Å². The second kappa shape index (κ2) is 9.69. The molecule has 0 unspecified atom stereocenters. The lowest BCUT2D eigenvalue weighted by Gasteiger charge is -2.11. The van der Waals surface area contributed by atoms with E-state index in [2.05, 4.69) is 15.5 Å². The molecule has 2 N–H and O–H groups in total. The summed E-state index contributed by atoms with van der Waals surface area (Å²) in [5, 5.41) is 7.19. The van der Waals surface area contributed by atoms with Crippen molar-refractivity contribution in [1.29, 1.82) is 0 Å². The van der Waals surface area contributed by atoms with E-state index in [4.69, 9.17) is 9.47 Å². The number of benzene rings is 4. The fourth-order valence-corrected chi connectivity index (χ4v) is 3.93. The number of carbonyl (C=O) groups excluding carboxylic acids is 1. The number of rotatable bonds is 7. The van der Waals surface area contributed by atoms with Crippen LogP contribution >= 0.6 is 0 Å². The molecule has 6 nitrogen and oxygen atoms in total. The number of hydrogen-bond donors (Lipinski definition) is 2. The number of H-pyrrole nitrogens is 1. The molecule has 1 amide bonds. The number of aromatic amines is 1. The van der Waals surface area contributed by atoms with Crippen molar-refractivity contribution in [3.05, 3.63) is 108 Å². The molecule has 0 bridgehead atoms. The van der Waals surface area contributed by atoms with Crippen LogP contribution in [0.5, 0.6) is 11.5 Å². The molecule has 0 spiro atoms. The maximum Gasteiger partial charge on any atom is 0.287 e. The van der Waals surface area contributed by atoms with Crippen LogP contribution in [0.25, 0.3) is 21.7 Å². The molecule has 35 heavy (non-hydrogen) atoms. The first-order valence-corrected chi connectivity index (χ1v) is 11.0. The number of hydrazone groups is 1. The van der Waals surface area contributed by atoms with E-state index in [-0.39, 0.29) is 18.3 Å². The Morgan fingerprint density at radius 2 is 1.77 bits per heavy atom. The van der Waals surface area contributed by atoms with Gasteiger partial charge in [-0.3, -0.25) is 4.79 Å². The largest absolute Gasteiger partial charge is 0.496 e. The highest BCUT2D eigenvalue weighted by atomic mass is 19.1. The van der Waals surface area contributed by atoms with E-state index in [9.17, 15) is 9.18 Å². The van der Waals surface area contributed by atoms with Crippen LogP contribution in [-0.2, 0) is 6.61 Å². The van der Waals surface area contributed by atoms with Gasteiger partial charge in [0, 0.05) is 16.3 Å². The Morgan fingerprint density at radius 1 is 0.971 bits per heavy atom. The lowest BCUT2D eigenvalue weighted by molar-refractivity contribution is 0.0951. The summed E-state index contributed by atoms with van der Waals surface area (Å²) in [6, 6.07) is 25.4. The van der Waals surface area contributed by atoms with Crippen molar-refractivity contribution < 1.29 is 18.7 Å². The molecule has 0 aliphatic heterocycles. The monoisotopic (exact) mass is 467 g/mol. The molecule has 4 aromatic carbocycles. The van der Waals surface area contributed by atoms with Crippen LogP contribution < -0.4 is 14.9 Å². The minimum atomic E-state index is -0.433. The molecule has 0 radical (unpaired) electrons. The first-order valence-electron chi connectivity index (χ1n) is 11.0. The summed E-state index contributed by atoms with van der Waals surface area (Å²) < 4.78 is 24.9. The first kappa shape index (κ1) is 22.2. The van der Waals surface area contributed by atoms with E-state index in [1.54, 1.807) is 43.5 Å². The predicted octanol–water partition coefficient (Wildman–Crippen LogP) is 5.81. The van der Waals surface area contributed by atoms with E-state index in [1.165, 1.54) is 12.3 Å². The molecule has 0 saturated carbocycles. The smallest absolute Gasteiger partial charge is 0.287 e. The van der Waals surface area contributed by atoms with Crippen LogP contribution in [0.1, 0.15) is 21.6 Å². The van der Waals surface area contributed by atoms with E-state index in [0.29, 0.717) is 17.0 Å². The Morgan fingerprint density at radius 3 is 2.63 bits per heavy atom. The van der Waals surface area contributed by atoms with Gasteiger partial charge in [0.2, 0.25) is 0 Å². The number of hydrogen-bond acceptors (Lipinski definition) is 4. The van der Waals surface area contributed by atoms with Gasteiger partial charge in [-0.2, -0.15) is 5.10 Å². The van der Waals surface area contributed by atoms with Crippen LogP contribution in [0.3, 0.4) is 0 Å². The van der Waals surface area contributed by atoms with E-state index in [0.717, 1.165) is 27.2 Å². The first-order chi connectivity index (χ1) is 17.1. The van der Waals surface area contributed by atoms with Crippen molar-refractivity contribution in [2.75, 3.05) is 7.11 Å². The lowest BCUT2D eigenvalue weighted by atomic mass is 10.1. The molecular formula is C28H22FN3O3. The Balaban J connectivity index is 1.30. The molecule has 0 fully saturated rings. The summed E-state index contributed by atoms with van der Waals surface area (Å²) in [6.45, 7) is 0.112. The van der Waals surface area contributed by atoms with Crippen LogP contribution in [-0.4, -0.2) is 24.2 Å². The summed E-state index contributed by atoms with van der Waals surface area (Å²) in [7, 11) is 1.56. The number of amides is 1. The Hall–Kier alpha value is -4.65. The molecule has 0 aliphatic rings. The number of aromatic nitrogens is 1. The number of halogens is 1. The number of fused-ring (bicyclic) bond motifs is 3. The maximum atomic E-state index is 13.9. The van der Waals surface area contributed by atoms with Crippen molar-refractivity contribution in [1.82, 2.24) is 10.4 Å². The van der Waals surface area contributed by atoms with Crippen molar-refractivity contribution >= 4 is 33.8 Å². The average molecular weight is 468 g/mol. The third kappa shape index (κ3) is 4.70. The van der Waals surface area contributed by atoms with Gasteiger partial charge >= 0.3 is 0 Å². The summed E-state index contributed by atoms with van der Waals surface area (Å²) in [6.07, 6.45) is 1.53. The number of nitrogens with one attached hydrogen (secondary N) is 2. The average Bonchev–Trinajstić information content (AvgIpc) is 3.33. The minimum Gasteiger partial charge on any atom is -0.496 e. The molecule has 5 rings (SSSR count). The molecule has 0 aliphatic carbocycles. The van der Waals surface area contributed by atoms with E-state index >= 15 is 0 Å². The van der Waals surface area contributed by atoms with Crippen LogP contribution in [0, 0.1) is 5.82 Å². The highest BCUT2D eigenvalue weighted by molar-refractivity contribution is 6.08. The zero-order valence-electron chi connectivity index (χ0n) is 18.9. The summed E-state index contributed by atoms with van der Waals surface area (Å²) >= 11 is 0. The quantitative estimate of drug-likeness (QED) is 0.234. The molecule has 7 heteroatoms. The van der Waals surface area contributed by atoms with Gasteiger partial charge in [-0.05, 0) is 47.3 Å². The fourth-order valence-electron chi connectivity index (χ4n) is 3.93. The number of ether oxygens (including phenoxy) is 2. The fraction of sp³-hybridized carbons (Fsp3) is 0.0714. The molecule has 174 valence electrons. The van der Waals surface area contributed by atoms with Crippen molar-refractivity contribution in [2.24, 2.45) is 5.10 Å². The highest BCUT2D eigenvalue weighted by Crippen LogP contribution is 2.26. The third-order valence-corrected chi connectivity index (χ3v) is 5.67. The standard InChI is InChI=1S/C28H22FN3O3/c1-34-25-13-10-18(14-21(25)17-35-26-9-5-4-8-23(26)29)16-30-32-28(33)24-15-20-12-11-19-6-2-3-7-22(19)27(20)31-24/h2-16,31H,17H2,1H3,(H,32,33)/b30-16+. The Kier molecular flexibility index (Phi) is 6.13. The van der Waals surface area contributed by atoms with Crippen LogP contribution in [0.4, 0.5) is 4.39 Å². The van der Waals surface area contributed by atoms with Gasteiger partial charge in [-0.15, -0.1) is 0 Å². The summed E-state index contributed by atoms with van der Waals surface area (Å²) in [5.74, 6) is -0.0187. The van der Waals surface area contributed by atoms with Gasteiger partial charge in [0.05, 0.1) is 18.8 Å². The molecule has 5 aromatic rings. The molecule has 0 saturated heterocycles. The predicted molar refractivity (Wildman–Crippen MR) is 135 cm³/mol. The maximum absolute atomic E-state index is 13.9. The van der Waals surface area contributed by atoms with Crippen molar-refractivity contribution in [2.45, 2.75) is 6.61 Å². The molecule has 1 heterocycles. The van der Waals surface area contributed by atoms with Crippen LogP contribution in [0.2, 0.25) is 0 Å². The molecular weight excluding hydrogens is 445 g/mol. The normalized spacial score (nSPS) is 11.3. The van der Waals surface area contributed by atoms with Crippen LogP contribution in [0.15, 0.2) is 90.0 Å². The van der Waals surface area contributed by atoms with E-state index < -0.39 is 5.82 Å². The zero-order chi connectivity index (χ0) is 24.2. The topological polar surface area (TPSA) is 75.7 Å². The number of carbonyl (C=O) groups is 1. The summed E-state index contributed by atoms with van der Waals surface area (Å²) in [4.78, 5) is 15.9. The van der Waals surface area contributed by atoms with Gasteiger partial charge in [0.15, 0.2) is 11.6 Å². The van der Waals surface area contributed by atoms with Crippen molar-refractivity contribution in [3.8, 4) is 11.5 Å². The van der Waals surface area contributed by atoms with Gasteiger partial charge in [-0.25, -0.2) is 9.82 Å².